The normalized spacial score (nSPS) is 10.5. The van der Waals surface area contributed by atoms with E-state index in [0.717, 1.165) is 0 Å². The first-order valence-electron chi connectivity index (χ1n) is 9.68. The monoisotopic (exact) mass is 371 g/mol. The van der Waals surface area contributed by atoms with Crippen molar-refractivity contribution in [3.8, 4) is 0 Å². The van der Waals surface area contributed by atoms with Gasteiger partial charge < -0.3 is 14.7 Å². The second-order valence-corrected chi connectivity index (χ2v) is 7.89. The van der Waals surface area contributed by atoms with Gasteiger partial charge in [-0.05, 0) is 36.4 Å². The van der Waals surface area contributed by atoms with Crippen LogP contribution in [0.2, 0.25) is 0 Å². The van der Waals surface area contributed by atoms with E-state index >= 15 is 0 Å². The third-order valence-corrected chi connectivity index (χ3v) is 5.23. The summed E-state index contributed by atoms with van der Waals surface area (Å²) in [5.74, 6) is 0. The van der Waals surface area contributed by atoms with Gasteiger partial charge in [0, 0.05) is 59.3 Å². The van der Waals surface area contributed by atoms with Crippen molar-refractivity contribution in [2.45, 2.75) is 0 Å². The van der Waals surface area contributed by atoms with Crippen LogP contribution in [0.1, 0.15) is 0 Å². The standard InChI is InChI=1S/C24H30BN3/c1-26(2)22-13-7-19(8-14-22)25(20-9-15-23(16-10-20)27(3)4)21-11-17-24(18-12-21)28(5)6/h7-18H,1-6H3. The van der Waals surface area contributed by atoms with Crippen LogP contribution in [0.5, 0.6) is 0 Å². The molecule has 0 spiro atoms. The Bertz CT molecular complexity index is 760. The zero-order chi connectivity index (χ0) is 20.3. The van der Waals surface area contributed by atoms with Gasteiger partial charge >= 0.3 is 0 Å². The van der Waals surface area contributed by atoms with Crippen molar-refractivity contribution in [3.05, 3.63) is 72.8 Å². The van der Waals surface area contributed by atoms with Gasteiger partial charge in [0.2, 0.25) is 6.71 Å². The quantitative estimate of drug-likeness (QED) is 0.616. The van der Waals surface area contributed by atoms with E-state index in [4.69, 9.17) is 0 Å². The van der Waals surface area contributed by atoms with E-state index in [9.17, 15) is 0 Å². The summed E-state index contributed by atoms with van der Waals surface area (Å²) in [5.41, 5.74) is 7.57. The summed E-state index contributed by atoms with van der Waals surface area (Å²) in [6, 6.07) is 26.7. The molecule has 0 aliphatic heterocycles. The predicted octanol–water partition coefficient (Wildman–Crippen LogP) is 2.40. The molecule has 0 N–H and O–H groups in total. The molecule has 0 radical (unpaired) electrons. The number of hydrogen-bond acceptors (Lipinski definition) is 3. The summed E-state index contributed by atoms with van der Waals surface area (Å²) in [6.45, 7) is 0.212. The predicted molar refractivity (Wildman–Crippen MR) is 127 cm³/mol. The molecule has 0 heterocycles. The zero-order valence-electron chi connectivity index (χ0n) is 17.8. The summed E-state index contributed by atoms with van der Waals surface area (Å²) in [5, 5.41) is 0. The van der Waals surface area contributed by atoms with Gasteiger partial charge in [-0.2, -0.15) is 0 Å². The molecule has 3 aromatic rings. The number of benzene rings is 3. The smallest absolute Gasteiger partial charge is 0.241 e. The summed E-state index contributed by atoms with van der Waals surface area (Å²) < 4.78 is 0. The summed E-state index contributed by atoms with van der Waals surface area (Å²) in [7, 11) is 12.5. The van der Waals surface area contributed by atoms with E-state index in [1.807, 2.05) is 0 Å². The fourth-order valence-electron chi connectivity index (χ4n) is 3.47. The van der Waals surface area contributed by atoms with Gasteiger partial charge in [0.25, 0.3) is 0 Å². The molecule has 0 unspecified atom stereocenters. The first kappa shape index (κ1) is 19.9. The van der Waals surface area contributed by atoms with Crippen molar-refractivity contribution < 1.29 is 0 Å². The first-order chi connectivity index (χ1) is 13.4. The van der Waals surface area contributed by atoms with Gasteiger partial charge in [-0.1, -0.05) is 52.8 Å². The zero-order valence-corrected chi connectivity index (χ0v) is 17.8. The third kappa shape index (κ3) is 4.33. The summed E-state index contributed by atoms with van der Waals surface area (Å²) in [6.07, 6.45) is 0. The lowest BCUT2D eigenvalue weighted by Crippen LogP contribution is -2.52. The van der Waals surface area contributed by atoms with Gasteiger partial charge in [-0.15, -0.1) is 0 Å². The molecule has 0 atom stereocenters. The highest BCUT2D eigenvalue weighted by atomic mass is 15.1. The molecular formula is C24H30BN3. The van der Waals surface area contributed by atoms with Crippen LogP contribution in [0.3, 0.4) is 0 Å². The maximum absolute atomic E-state index is 2.25. The number of nitrogens with zero attached hydrogens (tertiary/aromatic N) is 3. The van der Waals surface area contributed by atoms with Crippen molar-refractivity contribution in [2.75, 3.05) is 57.0 Å². The van der Waals surface area contributed by atoms with Gasteiger partial charge in [0.1, 0.15) is 0 Å². The summed E-state index contributed by atoms with van der Waals surface area (Å²) >= 11 is 0. The highest BCUT2D eigenvalue weighted by Gasteiger charge is 2.22. The molecule has 3 aromatic carbocycles. The molecule has 0 fully saturated rings. The van der Waals surface area contributed by atoms with E-state index in [0.29, 0.717) is 0 Å². The maximum atomic E-state index is 2.25. The minimum absolute atomic E-state index is 0.212. The van der Waals surface area contributed by atoms with Crippen LogP contribution in [-0.2, 0) is 0 Å². The lowest BCUT2D eigenvalue weighted by molar-refractivity contribution is 1.13. The Balaban J connectivity index is 2.04. The number of hydrogen-bond donors (Lipinski definition) is 0. The molecule has 3 nitrogen and oxygen atoms in total. The molecule has 0 saturated carbocycles. The van der Waals surface area contributed by atoms with Crippen LogP contribution < -0.4 is 31.1 Å². The van der Waals surface area contributed by atoms with Crippen molar-refractivity contribution in [1.82, 2.24) is 0 Å². The third-order valence-electron chi connectivity index (χ3n) is 5.23. The van der Waals surface area contributed by atoms with E-state index in [1.165, 1.54) is 33.5 Å². The van der Waals surface area contributed by atoms with Crippen LogP contribution in [0.4, 0.5) is 17.1 Å². The molecule has 0 amide bonds. The Hall–Kier alpha value is -2.88. The molecule has 0 aliphatic rings. The number of anilines is 3. The van der Waals surface area contributed by atoms with Gasteiger partial charge in [-0.3, -0.25) is 0 Å². The molecule has 0 aromatic heterocycles. The van der Waals surface area contributed by atoms with Crippen LogP contribution in [0.15, 0.2) is 72.8 Å². The molecule has 0 saturated heterocycles. The Morgan fingerprint density at radius 2 is 0.607 bits per heavy atom. The Morgan fingerprint density at radius 3 is 0.786 bits per heavy atom. The Labute approximate surface area is 170 Å². The summed E-state index contributed by atoms with van der Waals surface area (Å²) in [4.78, 5) is 6.41. The SMILES string of the molecule is CN(C)c1ccc(B(c2ccc(N(C)C)cc2)c2ccc(N(C)C)cc2)cc1. The highest BCUT2D eigenvalue weighted by Crippen LogP contribution is 2.12. The fourth-order valence-corrected chi connectivity index (χ4v) is 3.47. The van der Waals surface area contributed by atoms with Crippen molar-refractivity contribution in [3.63, 3.8) is 0 Å². The highest BCUT2D eigenvalue weighted by molar-refractivity contribution is 6.95. The topological polar surface area (TPSA) is 9.72 Å². The lowest BCUT2D eigenvalue weighted by atomic mass is 9.37. The van der Waals surface area contributed by atoms with E-state index in [1.54, 1.807) is 0 Å². The molecule has 144 valence electrons. The molecule has 4 heteroatoms. The fraction of sp³-hybridized carbons (Fsp3) is 0.250. The van der Waals surface area contributed by atoms with Crippen LogP contribution in [-0.4, -0.2) is 49.0 Å². The first-order valence-corrected chi connectivity index (χ1v) is 9.68. The average Bonchev–Trinajstić information content (AvgIpc) is 2.69. The van der Waals surface area contributed by atoms with Crippen molar-refractivity contribution in [2.24, 2.45) is 0 Å². The molecular weight excluding hydrogens is 341 g/mol. The van der Waals surface area contributed by atoms with Crippen LogP contribution >= 0.6 is 0 Å². The van der Waals surface area contributed by atoms with Crippen molar-refractivity contribution >= 4 is 40.2 Å². The number of rotatable bonds is 6. The van der Waals surface area contributed by atoms with Gasteiger partial charge in [0.15, 0.2) is 0 Å². The lowest BCUT2D eigenvalue weighted by Gasteiger charge is -2.20. The largest absolute Gasteiger partial charge is 0.378 e. The molecule has 28 heavy (non-hydrogen) atoms. The van der Waals surface area contributed by atoms with Gasteiger partial charge in [-0.25, -0.2) is 0 Å². The molecule has 0 bridgehead atoms. The van der Waals surface area contributed by atoms with E-state index < -0.39 is 0 Å². The van der Waals surface area contributed by atoms with Gasteiger partial charge in [0.05, 0.1) is 0 Å². The minimum Gasteiger partial charge on any atom is -0.378 e. The second kappa shape index (κ2) is 8.43. The second-order valence-electron chi connectivity index (χ2n) is 7.89. The maximum Gasteiger partial charge on any atom is 0.241 e. The molecule has 3 rings (SSSR count). The van der Waals surface area contributed by atoms with E-state index in [-0.39, 0.29) is 6.71 Å². The van der Waals surface area contributed by atoms with Crippen molar-refractivity contribution in [1.29, 1.82) is 0 Å². The Morgan fingerprint density at radius 1 is 0.393 bits per heavy atom. The average molecular weight is 371 g/mol. The van der Waals surface area contributed by atoms with E-state index in [2.05, 4.69) is 130 Å². The minimum atomic E-state index is 0.212. The van der Waals surface area contributed by atoms with Crippen LogP contribution in [0, 0.1) is 0 Å². The van der Waals surface area contributed by atoms with Crippen LogP contribution in [0.25, 0.3) is 0 Å². The molecule has 0 aliphatic carbocycles. The Kier molecular flexibility index (Phi) is 5.98.